The van der Waals surface area contributed by atoms with Crippen molar-refractivity contribution < 1.29 is 18.7 Å². The molecule has 1 atom stereocenters. The second kappa shape index (κ2) is 7.38. The van der Waals surface area contributed by atoms with Gasteiger partial charge in [-0.25, -0.2) is 4.39 Å². The Hall–Kier alpha value is -1.17. The third kappa shape index (κ3) is 3.73. The predicted octanol–water partition coefficient (Wildman–Crippen LogP) is 3.53. The molecule has 0 unspecified atom stereocenters. The van der Waals surface area contributed by atoms with Gasteiger partial charge in [-0.1, -0.05) is 11.6 Å². The van der Waals surface area contributed by atoms with E-state index in [1.807, 2.05) is 11.8 Å². The average Bonchev–Trinajstić information content (AvgIpc) is 2.98. The molecule has 6 heteroatoms. The number of carbonyl (C=O) groups excluding carboxylic acids is 1. The molecule has 132 valence electrons. The summed E-state index contributed by atoms with van der Waals surface area (Å²) in [6.07, 6.45) is 3.02. The smallest absolute Gasteiger partial charge is 0.253 e. The summed E-state index contributed by atoms with van der Waals surface area (Å²) in [5.41, 5.74) is 0.605. The molecule has 1 spiro atoms. The first kappa shape index (κ1) is 17.6. The van der Waals surface area contributed by atoms with Crippen molar-refractivity contribution in [3.05, 3.63) is 34.6 Å². The van der Waals surface area contributed by atoms with E-state index in [1.54, 1.807) is 0 Å². The third-order valence-electron chi connectivity index (χ3n) is 5.07. The minimum Gasteiger partial charge on any atom is -0.379 e. The standard InChI is InChI=1S/C18H23ClFNO3/c1-2-23-11-14-10-18(12-24-14)5-7-21(8-6-18)17(22)13-3-4-16(20)15(19)9-13/h3-4,9,14H,2,5-8,10-12H2,1H3/t14-/m1/s1. The fraction of sp³-hybridized carbons (Fsp3) is 0.611. The van der Waals surface area contributed by atoms with Crippen molar-refractivity contribution in [3.63, 3.8) is 0 Å². The van der Waals surface area contributed by atoms with Gasteiger partial charge in [0.1, 0.15) is 5.82 Å². The van der Waals surface area contributed by atoms with E-state index in [9.17, 15) is 9.18 Å². The van der Waals surface area contributed by atoms with Crippen LogP contribution in [0, 0.1) is 11.2 Å². The number of likely N-dealkylation sites (tertiary alicyclic amines) is 1. The van der Waals surface area contributed by atoms with E-state index in [0.717, 1.165) is 25.9 Å². The maximum Gasteiger partial charge on any atom is 0.253 e. The number of amides is 1. The molecule has 0 bridgehead atoms. The third-order valence-corrected chi connectivity index (χ3v) is 5.36. The van der Waals surface area contributed by atoms with E-state index < -0.39 is 5.82 Å². The quantitative estimate of drug-likeness (QED) is 0.829. The normalized spacial score (nSPS) is 23.0. The fourth-order valence-electron chi connectivity index (χ4n) is 3.60. The van der Waals surface area contributed by atoms with Crippen LogP contribution in [0.2, 0.25) is 5.02 Å². The Morgan fingerprint density at radius 2 is 2.21 bits per heavy atom. The van der Waals surface area contributed by atoms with Crippen molar-refractivity contribution >= 4 is 17.5 Å². The monoisotopic (exact) mass is 355 g/mol. The molecule has 2 aliphatic heterocycles. The predicted molar refractivity (Wildman–Crippen MR) is 89.8 cm³/mol. The average molecular weight is 356 g/mol. The molecule has 0 saturated carbocycles. The second-order valence-electron chi connectivity index (χ2n) is 6.72. The van der Waals surface area contributed by atoms with Crippen LogP contribution in [-0.4, -0.2) is 49.8 Å². The van der Waals surface area contributed by atoms with E-state index in [2.05, 4.69) is 0 Å². The van der Waals surface area contributed by atoms with E-state index in [4.69, 9.17) is 21.1 Å². The zero-order chi connectivity index (χ0) is 17.2. The van der Waals surface area contributed by atoms with Crippen LogP contribution >= 0.6 is 11.6 Å². The molecule has 4 nitrogen and oxygen atoms in total. The molecule has 0 aromatic heterocycles. The summed E-state index contributed by atoms with van der Waals surface area (Å²) in [6, 6.07) is 4.13. The van der Waals surface area contributed by atoms with Crippen molar-refractivity contribution in [3.8, 4) is 0 Å². The summed E-state index contributed by atoms with van der Waals surface area (Å²) < 4.78 is 24.6. The van der Waals surface area contributed by atoms with Gasteiger partial charge in [-0.15, -0.1) is 0 Å². The topological polar surface area (TPSA) is 38.8 Å². The second-order valence-corrected chi connectivity index (χ2v) is 7.12. The highest BCUT2D eigenvalue weighted by Gasteiger charge is 2.43. The fourth-order valence-corrected chi connectivity index (χ4v) is 3.78. The first-order valence-electron chi connectivity index (χ1n) is 8.47. The Morgan fingerprint density at radius 3 is 2.88 bits per heavy atom. The van der Waals surface area contributed by atoms with Crippen molar-refractivity contribution in [2.24, 2.45) is 5.41 Å². The zero-order valence-electron chi connectivity index (χ0n) is 13.9. The highest BCUT2D eigenvalue weighted by Crippen LogP contribution is 2.42. The number of ether oxygens (including phenoxy) is 2. The molecular formula is C18H23ClFNO3. The lowest BCUT2D eigenvalue weighted by Crippen LogP contribution is -2.43. The number of hydrogen-bond donors (Lipinski definition) is 0. The minimum absolute atomic E-state index is 0.0164. The van der Waals surface area contributed by atoms with Gasteiger partial charge in [0.25, 0.3) is 5.91 Å². The van der Waals surface area contributed by atoms with Gasteiger partial charge in [-0.05, 0) is 49.8 Å². The summed E-state index contributed by atoms with van der Waals surface area (Å²) in [5.74, 6) is -0.592. The maximum atomic E-state index is 13.2. The van der Waals surface area contributed by atoms with E-state index >= 15 is 0 Å². The van der Waals surface area contributed by atoms with Crippen LogP contribution in [0.15, 0.2) is 18.2 Å². The van der Waals surface area contributed by atoms with Gasteiger partial charge < -0.3 is 14.4 Å². The van der Waals surface area contributed by atoms with Crippen molar-refractivity contribution in [2.45, 2.75) is 32.3 Å². The number of hydrogen-bond acceptors (Lipinski definition) is 3. The molecule has 24 heavy (non-hydrogen) atoms. The summed E-state index contributed by atoms with van der Waals surface area (Å²) >= 11 is 5.78. The van der Waals surface area contributed by atoms with Gasteiger partial charge in [-0.2, -0.15) is 0 Å². The van der Waals surface area contributed by atoms with Crippen LogP contribution in [0.4, 0.5) is 4.39 Å². The first-order valence-corrected chi connectivity index (χ1v) is 8.84. The summed E-state index contributed by atoms with van der Waals surface area (Å²) in [5, 5.41) is -0.0164. The largest absolute Gasteiger partial charge is 0.379 e. The Labute approximate surface area is 146 Å². The summed E-state index contributed by atoms with van der Waals surface area (Å²) in [7, 11) is 0. The van der Waals surface area contributed by atoms with Gasteiger partial charge >= 0.3 is 0 Å². The number of carbonyl (C=O) groups is 1. The lowest BCUT2D eigenvalue weighted by molar-refractivity contribution is 0.0159. The molecule has 2 heterocycles. The molecule has 0 aliphatic carbocycles. The van der Waals surface area contributed by atoms with Gasteiger partial charge in [0, 0.05) is 25.3 Å². The number of piperidine rings is 1. The molecule has 2 saturated heterocycles. The lowest BCUT2D eigenvalue weighted by atomic mass is 9.76. The van der Waals surface area contributed by atoms with Crippen LogP contribution < -0.4 is 0 Å². The zero-order valence-corrected chi connectivity index (χ0v) is 14.7. The number of halogens is 2. The molecule has 1 aromatic rings. The molecule has 2 fully saturated rings. The number of rotatable bonds is 4. The summed E-state index contributed by atoms with van der Waals surface area (Å²) in [4.78, 5) is 14.4. The molecule has 1 aromatic carbocycles. The maximum absolute atomic E-state index is 13.2. The Bertz CT molecular complexity index is 602. The number of benzene rings is 1. The van der Waals surface area contributed by atoms with Gasteiger partial charge in [0.05, 0.1) is 24.3 Å². The van der Waals surface area contributed by atoms with Gasteiger partial charge in [0.2, 0.25) is 0 Å². The molecular weight excluding hydrogens is 333 g/mol. The lowest BCUT2D eigenvalue weighted by Gasteiger charge is -2.38. The van der Waals surface area contributed by atoms with Crippen LogP contribution in [-0.2, 0) is 9.47 Å². The van der Waals surface area contributed by atoms with Crippen LogP contribution in [0.5, 0.6) is 0 Å². The highest BCUT2D eigenvalue weighted by atomic mass is 35.5. The molecule has 3 rings (SSSR count). The van der Waals surface area contributed by atoms with Crippen molar-refractivity contribution in [1.82, 2.24) is 4.90 Å². The summed E-state index contributed by atoms with van der Waals surface area (Å²) in [6.45, 7) is 5.47. The first-order chi connectivity index (χ1) is 11.5. The van der Waals surface area contributed by atoms with E-state index in [0.29, 0.717) is 31.9 Å². The molecule has 1 amide bonds. The van der Waals surface area contributed by atoms with Crippen LogP contribution in [0.3, 0.4) is 0 Å². The van der Waals surface area contributed by atoms with E-state index in [1.165, 1.54) is 18.2 Å². The minimum atomic E-state index is -0.505. The highest BCUT2D eigenvalue weighted by molar-refractivity contribution is 6.31. The van der Waals surface area contributed by atoms with Gasteiger partial charge in [0.15, 0.2) is 0 Å². The Kier molecular flexibility index (Phi) is 5.42. The molecule has 2 aliphatic rings. The molecule has 0 N–H and O–H groups in total. The Morgan fingerprint density at radius 1 is 1.46 bits per heavy atom. The van der Waals surface area contributed by atoms with Crippen LogP contribution in [0.1, 0.15) is 36.5 Å². The van der Waals surface area contributed by atoms with Crippen LogP contribution in [0.25, 0.3) is 0 Å². The SMILES string of the molecule is CCOC[C@H]1CC2(CCN(C(=O)c3ccc(F)c(Cl)c3)CC2)CO1. The number of nitrogens with zero attached hydrogens (tertiary/aromatic N) is 1. The van der Waals surface area contributed by atoms with E-state index in [-0.39, 0.29) is 22.4 Å². The van der Waals surface area contributed by atoms with Crippen molar-refractivity contribution in [1.29, 1.82) is 0 Å². The Balaban J connectivity index is 1.57. The van der Waals surface area contributed by atoms with Crippen molar-refractivity contribution in [2.75, 3.05) is 32.9 Å². The molecule has 0 radical (unpaired) electrons. The van der Waals surface area contributed by atoms with Gasteiger partial charge in [-0.3, -0.25) is 4.79 Å².